The fourth-order valence-electron chi connectivity index (χ4n) is 1.82. The monoisotopic (exact) mass is 254 g/mol. The molecule has 0 spiro atoms. The number of rotatable bonds is 3. The molecule has 0 aliphatic carbocycles. The third-order valence-corrected chi connectivity index (χ3v) is 3.06. The van der Waals surface area contributed by atoms with E-state index >= 15 is 0 Å². The second-order valence-electron chi connectivity index (χ2n) is 4.08. The summed E-state index contributed by atoms with van der Waals surface area (Å²) < 4.78 is 5.42. The fraction of sp³-hybridized carbons (Fsp3) is 0.417. The van der Waals surface area contributed by atoms with Crippen molar-refractivity contribution >= 4 is 23.2 Å². The Morgan fingerprint density at radius 1 is 1.59 bits per heavy atom. The predicted molar refractivity (Wildman–Crippen MR) is 67.2 cm³/mol. The second-order valence-corrected chi connectivity index (χ2v) is 4.49. The van der Waals surface area contributed by atoms with Gasteiger partial charge in [-0.05, 0) is 31.0 Å². The van der Waals surface area contributed by atoms with Crippen LogP contribution in [0.4, 0.5) is 5.69 Å². The Morgan fingerprint density at radius 2 is 2.41 bits per heavy atom. The summed E-state index contributed by atoms with van der Waals surface area (Å²) in [7, 11) is 0. The Bertz CT molecular complexity index is 417. The van der Waals surface area contributed by atoms with Gasteiger partial charge in [-0.1, -0.05) is 11.6 Å². The van der Waals surface area contributed by atoms with Crippen LogP contribution in [0.15, 0.2) is 18.2 Å². The van der Waals surface area contributed by atoms with Gasteiger partial charge in [0.15, 0.2) is 0 Å². The minimum Gasteiger partial charge on any atom is -0.399 e. The van der Waals surface area contributed by atoms with E-state index in [4.69, 9.17) is 22.1 Å². The molecule has 1 heterocycles. The summed E-state index contributed by atoms with van der Waals surface area (Å²) in [6, 6.07) is 4.86. The maximum Gasteiger partial charge on any atom is 0.252 e. The van der Waals surface area contributed by atoms with Crippen LogP contribution in [0.5, 0.6) is 0 Å². The van der Waals surface area contributed by atoms with Crippen molar-refractivity contribution in [1.82, 2.24) is 5.32 Å². The molecule has 0 saturated carbocycles. The molecule has 1 aliphatic heterocycles. The molecule has 3 N–H and O–H groups in total. The largest absolute Gasteiger partial charge is 0.399 e. The van der Waals surface area contributed by atoms with Gasteiger partial charge in [0.1, 0.15) is 0 Å². The molecule has 5 heteroatoms. The van der Waals surface area contributed by atoms with Crippen molar-refractivity contribution < 1.29 is 9.53 Å². The molecule has 4 nitrogen and oxygen atoms in total. The van der Waals surface area contributed by atoms with Crippen LogP contribution < -0.4 is 11.1 Å². The van der Waals surface area contributed by atoms with E-state index in [1.54, 1.807) is 18.2 Å². The minimum absolute atomic E-state index is 0.131. The Kier molecular flexibility index (Phi) is 3.86. The van der Waals surface area contributed by atoms with Crippen molar-refractivity contribution in [3.63, 3.8) is 0 Å². The number of nitrogen functional groups attached to an aromatic ring is 1. The molecule has 1 aromatic carbocycles. The Hall–Kier alpha value is -1.26. The van der Waals surface area contributed by atoms with Gasteiger partial charge < -0.3 is 15.8 Å². The van der Waals surface area contributed by atoms with Gasteiger partial charge in [-0.2, -0.15) is 0 Å². The molecule has 1 amide bonds. The van der Waals surface area contributed by atoms with E-state index in [0.717, 1.165) is 19.4 Å². The van der Waals surface area contributed by atoms with E-state index < -0.39 is 0 Å². The number of halogens is 1. The molecule has 17 heavy (non-hydrogen) atoms. The van der Waals surface area contributed by atoms with Gasteiger partial charge in [-0.15, -0.1) is 0 Å². The number of nitrogens with one attached hydrogen (secondary N) is 1. The molecule has 0 bridgehead atoms. The zero-order valence-corrected chi connectivity index (χ0v) is 10.2. The third-order valence-electron chi connectivity index (χ3n) is 2.75. The van der Waals surface area contributed by atoms with Crippen molar-refractivity contribution in [1.29, 1.82) is 0 Å². The minimum atomic E-state index is -0.189. The Labute approximate surface area is 105 Å². The smallest absolute Gasteiger partial charge is 0.252 e. The van der Waals surface area contributed by atoms with E-state index in [2.05, 4.69) is 5.32 Å². The summed E-state index contributed by atoms with van der Waals surface area (Å²) in [5.74, 6) is -0.189. The van der Waals surface area contributed by atoms with Crippen LogP contribution in [0, 0.1) is 0 Å². The maximum absolute atomic E-state index is 11.8. The van der Waals surface area contributed by atoms with Crippen LogP contribution in [0.25, 0.3) is 0 Å². The molecule has 1 aromatic rings. The van der Waals surface area contributed by atoms with Gasteiger partial charge >= 0.3 is 0 Å². The van der Waals surface area contributed by atoms with Gasteiger partial charge in [0, 0.05) is 18.8 Å². The normalized spacial score (nSPS) is 19.2. The van der Waals surface area contributed by atoms with E-state index in [-0.39, 0.29) is 12.0 Å². The van der Waals surface area contributed by atoms with Crippen LogP contribution in [0.2, 0.25) is 5.02 Å². The number of amides is 1. The highest BCUT2D eigenvalue weighted by Crippen LogP contribution is 2.19. The SMILES string of the molecule is Nc1ccc(C(=O)NC[C@H]2CCCO2)c(Cl)c1. The van der Waals surface area contributed by atoms with E-state index in [1.807, 2.05) is 0 Å². The van der Waals surface area contributed by atoms with Gasteiger partial charge in [-0.25, -0.2) is 0 Å². The second kappa shape index (κ2) is 5.38. The van der Waals surface area contributed by atoms with Crippen molar-refractivity contribution in [2.45, 2.75) is 18.9 Å². The molecule has 92 valence electrons. The number of ether oxygens (including phenoxy) is 1. The maximum atomic E-state index is 11.8. The molecule has 2 rings (SSSR count). The number of benzene rings is 1. The van der Waals surface area contributed by atoms with Gasteiger partial charge in [-0.3, -0.25) is 4.79 Å². The number of carbonyl (C=O) groups is 1. The van der Waals surface area contributed by atoms with Crippen molar-refractivity contribution in [2.24, 2.45) is 0 Å². The highest BCUT2D eigenvalue weighted by atomic mass is 35.5. The van der Waals surface area contributed by atoms with Crippen molar-refractivity contribution in [3.8, 4) is 0 Å². The number of carbonyl (C=O) groups excluding carboxylic acids is 1. The lowest BCUT2D eigenvalue weighted by molar-refractivity contribution is 0.0858. The predicted octanol–water partition coefficient (Wildman–Crippen LogP) is 1.83. The first-order valence-corrected chi connectivity index (χ1v) is 5.99. The van der Waals surface area contributed by atoms with E-state index in [9.17, 15) is 4.79 Å². The first kappa shape index (κ1) is 12.2. The number of hydrogen-bond acceptors (Lipinski definition) is 3. The van der Waals surface area contributed by atoms with Crippen LogP contribution in [-0.2, 0) is 4.74 Å². The quantitative estimate of drug-likeness (QED) is 0.809. The number of anilines is 1. The molecule has 1 aliphatic rings. The number of hydrogen-bond donors (Lipinski definition) is 2. The molecular formula is C12H15ClN2O2. The van der Waals surface area contributed by atoms with Gasteiger partial charge in [0.25, 0.3) is 5.91 Å². The standard InChI is InChI=1S/C12H15ClN2O2/c13-11-6-8(14)3-4-10(11)12(16)15-7-9-2-1-5-17-9/h3-4,6,9H,1-2,5,7,14H2,(H,15,16)/t9-/m1/s1. The Balaban J connectivity index is 1.94. The van der Waals surface area contributed by atoms with Crippen LogP contribution >= 0.6 is 11.6 Å². The van der Waals surface area contributed by atoms with Gasteiger partial charge in [0.05, 0.1) is 16.7 Å². The first-order chi connectivity index (χ1) is 8.16. The molecule has 1 atom stereocenters. The highest BCUT2D eigenvalue weighted by Gasteiger charge is 2.17. The third kappa shape index (κ3) is 3.11. The van der Waals surface area contributed by atoms with Crippen LogP contribution in [0.1, 0.15) is 23.2 Å². The molecule has 0 radical (unpaired) electrons. The topological polar surface area (TPSA) is 64.4 Å². The van der Waals surface area contributed by atoms with Crippen molar-refractivity contribution in [3.05, 3.63) is 28.8 Å². The van der Waals surface area contributed by atoms with Gasteiger partial charge in [0.2, 0.25) is 0 Å². The summed E-state index contributed by atoms with van der Waals surface area (Å²) >= 11 is 5.95. The molecule has 1 fully saturated rings. The lowest BCUT2D eigenvalue weighted by Gasteiger charge is -2.11. The average Bonchev–Trinajstić information content (AvgIpc) is 2.78. The van der Waals surface area contributed by atoms with Crippen LogP contribution in [0.3, 0.4) is 0 Å². The zero-order chi connectivity index (χ0) is 12.3. The fourth-order valence-corrected chi connectivity index (χ4v) is 2.10. The van der Waals surface area contributed by atoms with E-state index in [0.29, 0.717) is 22.8 Å². The molecule has 0 aromatic heterocycles. The Morgan fingerprint density at radius 3 is 3.06 bits per heavy atom. The first-order valence-electron chi connectivity index (χ1n) is 5.61. The highest BCUT2D eigenvalue weighted by molar-refractivity contribution is 6.34. The summed E-state index contributed by atoms with van der Waals surface area (Å²) in [6.07, 6.45) is 2.19. The summed E-state index contributed by atoms with van der Waals surface area (Å²) in [5, 5.41) is 3.18. The molecule has 1 saturated heterocycles. The average molecular weight is 255 g/mol. The lowest BCUT2D eigenvalue weighted by atomic mass is 10.2. The van der Waals surface area contributed by atoms with Crippen molar-refractivity contribution in [2.75, 3.05) is 18.9 Å². The summed E-state index contributed by atoms with van der Waals surface area (Å²) in [4.78, 5) is 11.8. The van der Waals surface area contributed by atoms with Crippen LogP contribution in [-0.4, -0.2) is 25.2 Å². The zero-order valence-electron chi connectivity index (χ0n) is 9.41. The summed E-state index contributed by atoms with van der Waals surface area (Å²) in [6.45, 7) is 1.31. The number of nitrogens with two attached hydrogens (primary N) is 1. The lowest BCUT2D eigenvalue weighted by Crippen LogP contribution is -2.31. The van der Waals surface area contributed by atoms with E-state index in [1.165, 1.54) is 0 Å². The molecular weight excluding hydrogens is 240 g/mol. The summed E-state index contributed by atoms with van der Waals surface area (Å²) in [5.41, 5.74) is 6.56. The molecule has 0 unspecified atom stereocenters.